The Hall–Kier alpha value is -2.34. The molecule has 0 unspecified atom stereocenters. The van der Waals surface area contributed by atoms with Crippen LogP contribution < -0.4 is 11.1 Å². The smallest absolute Gasteiger partial charge is 0.358 e. The summed E-state index contributed by atoms with van der Waals surface area (Å²) in [7, 11) is 1.29. The van der Waals surface area contributed by atoms with Gasteiger partial charge < -0.3 is 15.8 Å². The molecule has 1 heterocycles. The first-order valence-electron chi connectivity index (χ1n) is 6.87. The summed E-state index contributed by atoms with van der Waals surface area (Å²) in [6.45, 7) is 0. The Bertz CT molecular complexity index is 731. The number of hydrogen-bond acceptors (Lipinski definition) is 6. The fourth-order valence-electron chi connectivity index (χ4n) is 2.04. The molecule has 0 atom stereocenters. The van der Waals surface area contributed by atoms with Gasteiger partial charge in [0.15, 0.2) is 11.5 Å². The average molecular weight is 319 g/mol. The molecule has 7 heteroatoms. The predicted molar refractivity (Wildman–Crippen MR) is 84.5 cm³/mol. The molecule has 1 aliphatic rings. The van der Waals surface area contributed by atoms with Gasteiger partial charge in [-0.25, -0.2) is 14.8 Å². The van der Waals surface area contributed by atoms with Gasteiger partial charge >= 0.3 is 5.97 Å². The van der Waals surface area contributed by atoms with Crippen molar-refractivity contribution in [2.45, 2.75) is 18.8 Å². The minimum Gasteiger partial charge on any atom is -0.464 e. The average Bonchev–Trinajstić information content (AvgIpc) is 3.35. The highest BCUT2D eigenvalue weighted by atomic mass is 35.5. The molecule has 0 spiro atoms. The van der Waals surface area contributed by atoms with Gasteiger partial charge in [0.2, 0.25) is 0 Å². The number of hydrogen-bond donors (Lipinski definition) is 2. The molecule has 2 aromatic rings. The number of benzene rings is 1. The number of nitrogens with one attached hydrogen (secondary N) is 1. The number of ether oxygens (including phenoxy) is 1. The molecule has 0 aliphatic heterocycles. The molecule has 1 saturated carbocycles. The first-order valence-corrected chi connectivity index (χ1v) is 7.25. The standard InChI is InChI=1S/C15H15ClN4O2/c1-22-15(21)12-11(16)14(20-13(19-12)8-6-7-8)18-10-5-3-2-4-9(10)17/h2-5,8H,6-7,17H2,1H3,(H,18,19,20). The van der Waals surface area contributed by atoms with Gasteiger partial charge in [0.05, 0.1) is 18.5 Å². The Morgan fingerprint density at radius 1 is 1.36 bits per heavy atom. The van der Waals surface area contributed by atoms with Crippen molar-refractivity contribution in [3.63, 3.8) is 0 Å². The Morgan fingerprint density at radius 2 is 2.09 bits per heavy atom. The number of nitrogens with zero attached hydrogens (tertiary/aromatic N) is 2. The summed E-state index contributed by atoms with van der Waals surface area (Å²) in [5, 5.41) is 3.19. The van der Waals surface area contributed by atoms with E-state index in [9.17, 15) is 4.79 Å². The summed E-state index contributed by atoms with van der Waals surface area (Å²) in [5.41, 5.74) is 7.21. The van der Waals surface area contributed by atoms with Gasteiger partial charge in [-0.15, -0.1) is 0 Å². The van der Waals surface area contributed by atoms with E-state index in [1.165, 1.54) is 7.11 Å². The number of para-hydroxylation sites is 2. The monoisotopic (exact) mass is 318 g/mol. The van der Waals surface area contributed by atoms with E-state index in [1.54, 1.807) is 6.07 Å². The van der Waals surface area contributed by atoms with Gasteiger partial charge in [0, 0.05) is 5.92 Å². The van der Waals surface area contributed by atoms with E-state index in [0.29, 0.717) is 23.0 Å². The summed E-state index contributed by atoms with van der Waals surface area (Å²) in [5.74, 6) is 0.645. The third-order valence-corrected chi connectivity index (χ3v) is 3.76. The number of methoxy groups -OCH3 is 1. The summed E-state index contributed by atoms with van der Waals surface area (Å²) in [4.78, 5) is 20.5. The SMILES string of the molecule is COC(=O)c1nc(C2CC2)nc(Nc2ccccc2N)c1Cl. The number of carbonyl (C=O) groups is 1. The highest BCUT2D eigenvalue weighted by Crippen LogP contribution is 2.40. The van der Waals surface area contributed by atoms with Gasteiger partial charge in [0.1, 0.15) is 10.8 Å². The zero-order valence-corrected chi connectivity index (χ0v) is 12.7. The lowest BCUT2D eigenvalue weighted by atomic mass is 10.2. The molecule has 1 aromatic carbocycles. The molecule has 3 N–H and O–H groups in total. The number of nitrogens with two attached hydrogens (primary N) is 1. The second-order valence-electron chi connectivity index (χ2n) is 5.07. The first-order chi connectivity index (χ1) is 10.6. The Kier molecular flexibility index (Phi) is 3.85. The highest BCUT2D eigenvalue weighted by Gasteiger charge is 2.30. The molecule has 1 aliphatic carbocycles. The van der Waals surface area contributed by atoms with Gasteiger partial charge in [-0.2, -0.15) is 0 Å². The van der Waals surface area contributed by atoms with Crippen LogP contribution in [0.5, 0.6) is 0 Å². The highest BCUT2D eigenvalue weighted by molar-refractivity contribution is 6.35. The summed E-state index contributed by atoms with van der Waals surface area (Å²) in [6, 6.07) is 7.25. The van der Waals surface area contributed by atoms with E-state index in [4.69, 9.17) is 22.1 Å². The Labute approximate surface area is 132 Å². The maximum absolute atomic E-state index is 11.9. The maximum Gasteiger partial charge on any atom is 0.358 e. The molecule has 0 bridgehead atoms. The Morgan fingerprint density at radius 3 is 2.73 bits per heavy atom. The molecule has 6 nitrogen and oxygen atoms in total. The fourth-order valence-corrected chi connectivity index (χ4v) is 2.25. The zero-order chi connectivity index (χ0) is 15.7. The van der Waals surface area contributed by atoms with E-state index in [2.05, 4.69) is 15.3 Å². The number of carbonyl (C=O) groups excluding carboxylic acids is 1. The summed E-state index contributed by atoms with van der Waals surface area (Å²) in [6.07, 6.45) is 2.02. The molecule has 114 valence electrons. The second kappa shape index (κ2) is 5.81. The zero-order valence-electron chi connectivity index (χ0n) is 12.0. The molecular formula is C15H15ClN4O2. The van der Waals surface area contributed by atoms with Crippen molar-refractivity contribution in [3.05, 3.63) is 40.8 Å². The van der Waals surface area contributed by atoms with Crippen molar-refractivity contribution in [2.24, 2.45) is 0 Å². The topological polar surface area (TPSA) is 90.1 Å². The van der Waals surface area contributed by atoms with Crippen LogP contribution in [0.3, 0.4) is 0 Å². The third-order valence-electron chi connectivity index (χ3n) is 3.40. The van der Waals surface area contributed by atoms with Gasteiger partial charge in [-0.05, 0) is 25.0 Å². The normalized spacial score (nSPS) is 13.7. The predicted octanol–water partition coefficient (Wildman–Crippen LogP) is 3.12. The molecule has 3 rings (SSSR count). The number of aromatic nitrogens is 2. The summed E-state index contributed by atoms with van der Waals surface area (Å²) < 4.78 is 4.74. The summed E-state index contributed by atoms with van der Waals surface area (Å²) >= 11 is 6.25. The lowest BCUT2D eigenvalue weighted by molar-refractivity contribution is 0.0593. The lowest BCUT2D eigenvalue weighted by Gasteiger charge is -2.13. The number of esters is 1. The molecule has 0 radical (unpaired) electrons. The van der Waals surface area contributed by atoms with Crippen molar-refractivity contribution in [2.75, 3.05) is 18.2 Å². The van der Waals surface area contributed by atoms with E-state index >= 15 is 0 Å². The molecule has 0 amide bonds. The molecular weight excluding hydrogens is 304 g/mol. The number of nitrogen functional groups attached to an aromatic ring is 1. The third kappa shape index (κ3) is 2.82. The van der Waals surface area contributed by atoms with E-state index in [1.807, 2.05) is 18.2 Å². The Balaban J connectivity index is 2.04. The largest absolute Gasteiger partial charge is 0.464 e. The van der Waals surface area contributed by atoms with E-state index in [-0.39, 0.29) is 16.6 Å². The van der Waals surface area contributed by atoms with Gasteiger partial charge in [-0.1, -0.05) is 23.7 Å². The van der Waals surface area contributed by atoms with Crippen LogP contribution in [0.1, 0.15) is 35.1 Å². The lowest BCUT2D eigenvalue weighted by Crippen LogP contribution is -2.11. The van der Waals surface area contributed by atoms with E-state index < -0.39 is 5.97 Å². The van der Waals surface area contributed by atoms with Crippen LogP contribution in [0.15, 0.2) is 24.3 Å². The van der Waals surface area contributed by atoms with Gasteiger partial charge in [0.25, 0.3) is 0 Å². The van der Waals surface area contributed by atoms with Crippen molar-refractivity contribution in [1.29, 1.82) is 0 Å². The van der Waals surface area contributed by atoms with Crippen LogP contribution in [0, 0.1) is 0 Å². The van der Waals surface area contributed by atoms with Crippen LogP contribution in [0.2, 0.25) is 5.02 Å². The van der Waals surface area contributed by atoms with Crippen LogP contribution in [-0.2, 0) is 4.74 Å². The van der Waals surface area contributed by atoms with Crippen molar-refractivity contribution in [3.8, 4) is 0 Å². The second-order valence-corrected chi connectivity index (χ2v) is 5.45. The van der Waals surface area contributed by atoms with Crippen LogP contribution in [0.25, 0.3) is 0 Å². The van der Waals surface area contributed by atoms with Crippen LogP contribution in [-0.4, -0.2) is 23.0 Å². The van der Waals surface area contributed by atoms with Crippen molar-refractivity contribution < 1.29 is 9.53 Å². The van der Waals surface area contributed by atoms with Crippen LogP contribution >= 0.6 is 11.6 Å². The fraction of sp³-hybridized carbons (Fsp3) is 0.267. The maximum atomic E-state index is 11.9. The first kappa shape index (κ1) is 14.6. The van der Waals surface area contributed by atoms with Crippen molar-refractivity contribution in [1.82, 2.24) is 9.97 Å². The minimum absolute atomic E-state index is 0.0677. The number of rotatable bonds is 4. The molecule has 22 heavy (non-hydrogen) atoms. The number of anilines is 3. The van der Waals surface area contributed by atoms with Crippen molar-refractivity contribution >= 4 is 34.8 Å². The molecule has 1 fully saturated rings. The quantitative estimate of drug-likeness (QED) is 0.665. The minimum atomic E-state index is -0.585. The molecule has 1 aromatic heterocycles. The van der Waals surface area contributed by atoms with Gasteiger partial charge in [-0.3, -0.25) is 0 Å². The molecule has 0 saturated heterocycles. The number of halogens is 1. The van der Waals surface area contributed by atoms with E-state index in [0.717, 1.165) is 12.8 Å². The van der Waals surface area contributed by atoms with Crippen LogP contribution in [0.4, 0.5) is 17.2 Å².